The molecule has 2 heterocycles. The fraction of sp³-hybridized carbons (Fsp3) is 0.478. The molecule has 0 saturated carbocycles. The van der Waals surface area contributed by atoms with Gasteiger partial charge in [0.2, 0.25) is 8.32 Å². The average Bonchev–Trinajstić information content (AvgIpc) is 3.07. The molecule has 0 fully saturated rings. The van der Waals surface area contributed by atoms with Gasteiger partial charge < -0.3 is 18.7 Å². The van der Waals surface area contributed by atoms with Crippen LogP contribution in [0.2, 0.25) is 13.1 Å². The smallest absolute Gasteiger partial charge is 0.485 e. The van der Waals surface area contributed by atoms with Gasteiger partial charge in [-0.25, -0.2) is 21.8 Å². The average molecular weight is 630 g/mol. The van der Waals surface area contributed by atoms with E-state index in [1.807, 2.05) is 30.6 Å². The third kappa shape index (κ3) is 10.1. The van der Waals surface area contributed by atoms with Crippen molar-refractivity contribution in [2.24, 2.45) is 0 Å². The third-order valence-electron chi connectivity index (χ3n) is 5.67. The molecule has 8 nitrogen and oxygen atoms in total. The Morgan fingerprint density at radius 1 is 1.15 bits per heavy atom. The molecule has 1 aromatic carbocycles. The number of carbonyl (C=O) groups excluding carboxylic acids is 1. The maximum Gasteiger partial charge on any atom is 0.485 e. The van der Waals surface area contributed by atoms with Crippen molar-refractivity contribution < 1.29 is 58.4 Å². The first kappa shape index (κ1) is 34.2. The molecule has 40 heavy (non-hydrogen) atoms. The zero-order valence-electron chi connectivity index (χ0n) is 21.7. The minimum absolute atomic E-state index is 0.0746. The third-order valence-corrected chi connectivity index (χ3v) is 9.83. The molecular formula is C23H29BF5NO7S2Si. The maximum atomic E-state index is 15.0. The minimum Gasteiger partial charge on any atom is -0.741 e. The van der Waals surface area contributed by atoms with E-state index in [-0.39, 0.29) is 28.5 Å². The number of hydrogen-bond acceptors (Lipinski definition) is 8. The Kier molecular flexibility index (Phi) is 12.6. The van der Waals surface area contributed by atoms with E-state index in [0.717, 1.165) is 50.1 Å². The van der Waals surface area contributed by atoms with Gasteiger partial charge in [-0.1, -0.05) is 6.07 Å². The molecule has 3 rings (SSSR count). The Balaban J connectivity index is 0.000000611. The lowest BCUT2D eigenvalue weighted by atomic mass is 9.80. The number of ether oxygens (including phenoxy) is 1. The van der Waals surface area contributed by atoms with Crippen molar-refractivity contribution in [1.82, 2.24) is 0 Å². The van der Waals surface area contributed by atoms with Crippen LogP contribution >= 0.6 is 11.8 Å². The van der Waals surface area contributed by atoms with Crippen LogP contribution in [0.1, 0.15) is 32.1 Å². The number of alkyl halides is 3. The lowest BCUT2D eigenvalue weighted by molar-refractivity contribution is -0.697. The van der Waals surface area contributed by atoms with E-state index in [4.69, 9.17) is 22.1 Å². The molecule has 2 aromatic rings. The van der Waals surface area contributed by atoms with E-state index in [0.29, 0.717) is 11.8 Å². The molecule has 1 aromatic heterocycles. The predicted molar refractivity (Wildman–Crippen MR) is 139 cm³/mol. The number of pyridine rings is 1. The highest BCUT2D eigenvalue weighted by molar-refractivity contribution is 7.99. The lowest BCUT2D eigenvalue weighted by Crippen LogP contribution is -2.46. The van der Waals surface area contributed by atoms with Gasteiger partial charge in [-0.2, -0.15) is 13.2 Å². The van der Waals surface area contributed by atoms with Crippen LogP contribution in [0.3, 0.4) is 0 Å². The van der Waals surface area contributed by atoms with Crippen molar-refractivity contribution in [3.63, 3.8) is 0 Å². The molecule has 1 N–H and O–H groups in total. The van der Waals surface area contributed by atoms with Crippen LogP contribution in [0.15, 0.2) is 41.6 Å². The number of halogens is 5. The molecular weight excluding hydrogens is 600 g/mol. The zero-order valence-corrected chi connectivity index (χ0v) is 24.4. The predicted octanol–water partition coefficient (Wildman–Crippen LogP) is 2.72. The van der Waals surface area contributed by atoms with Crippen molar-refractivity contribution in [2.75, 3.05) is 12.4 Å². The molecule has 0 spiro atoms. The van der Waals surface area contributed by atoms with Gasteiger partial charge >= 0.3 is 18.6 Å². The fourth-order valence-electron chi connectivity index (χ4n) is 3.79. The van der Waals surface area contributed by atoms with Crippen LogP contribution in [-0.4, -0.2) is 57.3 Å². The second-order valence-electron chi connectivity index (χ2n) is 9.19. The summed E-state index contributed by atoms with van der Waals surface area (Å²) in [4.78, 5) is 11.8. The molecule has 17 heteroatoms. The Morgan fingerprint density at radius 2 is 1.75 bits per heavy atom. The fourth-order valence-corrected chi connectivity index (χ4v) is 7.12. The Bertz CT molecular complexity index is 1250. The second-order valence-corrected chi connectivity index (χ2v) is 15.4. The maximum absolute atomic E-state index is 15.0. The summed E-state index contributed by atoms with van der Waals surface area (Å²) in [6, 6.07) is 7.14. The highest BCUT2D eigenvalue weighted by atomic mass is 32.2. The Hall–Kier alpha value is -2.05. The summed E-state index contributed by atoms with van der Waals surface area (Å²) in [6.07, 6.45) is 8.07. The van der Waals surface area contributed by atoms with Gasteiger partial charge in [0.1, 0.15) is 18.2 Å². The Morgan fingerprint density at radius 3 is 2.35 bits per heavy atom. The number of fused-ring (bicyclic) bond motifs is 1. The van der Waals surface area contributed by atoms with Crippen molar-refractivity contribution in [2.45, 2.75) is 62.1 Å². The number of esters is 1. The first-order chi connectivity index (χ1) is 18.5. The first-order valence-electron chi connectivity index (χ1n) is 12.2. The van der Waals surface area contributed by atoms with Crippen molar-refractivity contribution in [3.8, 4) is 0 Å². The van der Waals surface area contributed by atoms with Crippen LogP contribution < -0.4 is 15.2 Å². The summed E-state index contributed by atoms with van der Waals surface area (Å²) in [7, 11) is -10.0. The highest BCUT2D eigenvalue weighted by Crippen LogP contribution is 2.28. The molecule has 0 amide bonds. The summed E-state index contributed by atoms with van der Waals surface area (Å²) >= 11 is 0.950. The summed E-state index contributed by atoms with van der Waals surface area (Å²) in [5.41, 5.74) is -5.48. The number of nitrogens with zero attached hydrogens (tertiary/aromatic N) is 1. The molecule has 0 atom stereocenters. The molecule has 0 unspecified atom stereocenters. The van der Waals surface area contributed by atoms with Crippen LogP contribution in [0.5, 0.6) is 0 Å². The van der Waals surface area contributed by atoms with Crippen molar-refractivity contribution in [3.05, 3.63) is 48.3 Å². The number of aryl methyl sites for hydroxylation is 1. The number of benzene rings is 1. The zero-order chi connectivity index (χ0) is 30.1. The number of rotatable bonds is 11. The van der Waals surface area contributed by atoms with E-state index in [9.17, 15) is 31.8 Å². The molecule has 222 valence electrons. The van der Waals surface area contributed by atoms with E-state index in [1.165, 1.54) is 0 Å². The van der Waals surface area contributed by atoms with Crippen molar-refractivity contribution >= 4 is 53.9 Å². The quantitative estimate of drug-likeness (QED) is 0.0590. The van der Waals surface area contributed by atoms with E-state index < -0.39 is 42.7 Å². The van der Waals surface area contributed by atoms with Gasteiger partial charge in [0.25, 0.3) is 0 Å². The minimum atomic E-state index is -6.09. The van der Waals surface area contributed by atoms with Crippen LogP contribution in [0, 0.1) is 11.6 Å². The number of unbranched alkanes of at least 4 members (excludes halogenated alkanes) is 3. The van der Waals surface area contributed by atoms with Gasteiger partial charge in [-0.3, -0.25) is 4.79 Å². The van der Waals surface area contributed by atoms with Crippen LogP contribution in [0.25, 0.3) is 0 Å². The summed E-state index contributed by atoms with van der Waals surface area (Å²) in [5.74, 6) is -1.58. The number of aromatic nitrogens is 1. The number of thioether (sulfide) groups is 1. The molecule has 0 radical (unpaired) electrons. The molecule has 0 bridgehead atoms. The Labute approximate surface area is 234 Å². The monoisotopic (exact) mass is 629 g/mol. The normalized spacial score (nSPS) is 14.4. The van der Waals surface area contributed by atoms with Gasteiger partial charge in [0, 0.05) is 29.5 Å². The number of carbonyl (C=O) groups is 1. The SMILES string of the molecule is C[Si]1(C)OB(O)c2cc(F)c(SCCC(=O)OCCCCCC[n+]3ccccc3)c(F)c21.O=S(=O)([O-])C(F)(F)F. The van der Waals surface area contributed by atoms with Gasteiger partial charge in [-0.05, 0) is 43.9 Å². The second kappa shape index (κ2) is 14.7. The molecule has 0 aliphatic carbocycles. The topological polar surface area (TPSA) is 117 Å². The summed E-state index contributed by atoms with van der Waals surface area (Å²) < 4.78 is 101. The van der Waals surface area contributed by atoms with Crippen molar-refractivity contribution in [1.29, 1.82) is 0 Å². The van der Waals surface area contributed by atoms with Gasteiger partial charge in [-0.15, -0.1) is 11.8 Å². The summed E-state index contributed by atoms with van der Waals surface area (Å²) in [5, 5.41) is 10.2. The number of hydrogen-bond donors (Lipinski definition) is 1. The highest BCUT2D eigenvalue weighted by Gasteiger charge is 2.46. The van der Waals surface area contributed by atoms with Crippen LogP contribution in [0.4, 0.5) is 22.0 Å². The van der Waals surface area contributed by atoms with Gasteiger partial charge in [0.15, 0.2) is 22.5 Å². The van der Waals surface area contributed by atoms with Crippen LogP contribution in [-0.2, 0) is 30.5 Å². The lowest BCUT2D eigenvalue weighted by Gasteiger charge is -2.18. The standard InChI is InChI=1S/C22H29BF2NO4SSi.CHF3O3S/c1-32(2)22-17(23(28)30-32)16-18(24)21(20(22)25)31-15-10-19(27)29-14-9-4-3-6-11-26-12-7-5-8-13-26;2-1(3,4)8(5,6)7/h5,7-8,12-13,16,28H,3-4,6,9-11,14-15H2,1-2H3;(H,5,6,7)/q+1;/p-1. The molecule has 0 saturated heterocycles. The van der Waals surface area contributed by atoms with E-state index in [2.05, 4.69) is 4.57 Å². The van der Waals surface area contributed by atoms with E-state index in [1.54, 1.807) is 13.1 Å². The summed E-state index contributed by atoms with van der Waals surface area (Å²) in [6.45, 7) is 4.85. The van der Waals surface area contributed by atoms with E-state index >= 15 is 0 Å². The first-order valence-corrected chi connectivity index (χ1v) is 17.5. The van der Waals surface area contributed by atoms with Gasteiger partial charge in [0.05, 0.1) is 17.9 Å². The molecule has 1 aliphatic rings. The molecule has 1 aliphatic heterocycles. The largest absolute Gasteiger partial charge is 0.741 e.